The standard InChI is InChI=1S/C23H21N3O2S2/c1-16-15-29-23(25-16)26-22-21(28-14-17-6-4-3-5-7-17)12-20(13-24-22)30-19-10-8-18(27-2)9-11-19/h3-13,15H,14H2,1-2H3,(H,24,25,26). The van der Waals surface area contributed by atoms with Gasteiger partial charge in [-0.15, -0.1) is 11.3 Å². The zero-order valence-electron chi connectivity index (χ0n) is 16.7. The number of nitrogens with one attached hydrogen (secondary N) is 1. The first-order valence-corrected chi connectivity index (χ1v) is 11.1. The monoisotopic (exact) mass is 435 g/mol. The van der Waals surface area contributed by atoms with Crippen molar-refractivity contribution in [2.45, 2.75) is 23.3 Å². The van der Waals surface area contributed by atoms with Gasteiger partial charge in [-0.3, -0.25) is 0 Å². The van der Waals surface area contributed by atoms with Crippen LogP contribution in [0.15, 0.2) is 82.0 Å². The number of hydrogen-bond donors (Lipinski definition) is 1. The fourth-order valence-corrected chi connectivity index (χ4v) is 4.22. The third-order valence-electron chi connectivity index (χ3n) is 4.20. The maximum Gasteiger partial charge on any atom is 0.188 e. The number of aryl methyl sites for hydroxylation is 1. The van der Waals surface area contributed by atoms with Crippen molar-refractivity contribution < 1.29 is 9.47 Å². The summed E-state index contributed by atoms with van der Waals surface area (Å²) in [6.07, 6.45) is 1.84. The zero-order valence-corrected chi connectivity index (χ0v) is 18.3. The van der Waals surface area contributed by atoms with Crippen LogP contribution in [0.1, 0.15) is 11.3 Å². The molecule has 0 bridgehead atoms. The normalized spacial score (nSPS) is 10.6. The Bertz CT molecular complexity index is 1100. The van der Waals surface area contributed by atoms with Gasteiger partial charge in [0.15, 0.2) is 16.7 Å². The average molecular weight is 436 g/mol. The highest BCUT2D eigenvalue weighted by atomic mass is 32.2. The lowest BCUT2D eigenvalue weighted by atomic mass is 10.2. The van der Waals surface area contributed by atoms with E-state index in [0.717, 1.165) is 31.9 Å². The molecular formula is C23H21N3O2S2. The summed E-state index contributed by atoms with van der Waals surface area (Å²) in [5.74, 6) is 2.17. The fourth-order valence-electron chi connectivity index (χ4n) is 2.71. The van der Waals surface area contributed by atoms with Crippen molar-refractivity contribution in [2.24, 2.45) is 0 Å². The van der Waals surface area contributed by atoms with Gasteiger partial charge in [0.1, 0.15) is 12.4 Å². The van der Waals surface area contributed by atoms with Crippen molar-refractivity contribution in [2.75, 3.05) is 12.4 Å². The summed E-state index contributed by atoms with van der Waals surface area (Å²) in [7, 11) is 1.66. The summed E-state index contributed by atoms with van der Waals surface area (Å²) < 4.78 is 11.4. The number of methoxy groups -OCH3 is 1. The Labute approximate surface area is 184 Å². The van der Waals surface area contributed by atoms with E-state index in [1.165, 1.54) is 0 Å². The van der Waals surface area contributed by atoms with E-state index in [1.54, 1.807) is 30.2 Å². The number of anilines is 2. The van der Waals surface area contributed by atoms with E-state index in [9.17, 15) is 0 Å². The van der Waals surface area contributed by atoms with Crippen LogP contribution in [0.5, 0.6) is 11.5 Å². The molecule has 0 aliphatic carbocycles. The van der Waals surface area contributed by atoms with Crippen LogP contribution in [0, 0.1) is 6.92 Å². The maximum atomic E-state index is 6.14. The number of benzene rings is 2. The molecule has 7 heteroatoms. The number of ether oxygens (including phenoxy) is 2. The van der Waals surface area contributed by atoms with E-state index in [1.807, 2.05) is 79.2 Å². The Morgan fingerprint density at radius 1 is 1.03 bits per heavy atom. The molecule has 0 saturated carbocycles. The molecule has 152 valence electrons. The molecule has 2 aromatic heterocycles. The number of nitrogens with zero attached hydrogens (tertiary/aromatic N) is 2. The Morgan fingerprint density at radius 3 is 2.53 bits per heavy atom. The molecule has 4 rings (SSSR count). The summed E-state index contributed by atoms with van der Waals surface area (Å²) in [6, 6.07) is 20.0. The number of rotatable bonds is 8. The van der Waals surface area contributed by atoms with Crippen LogP contribution in [0.3, 0.4) is 0 Å². The molecule has 0 radical (unpaired) electrons. The molecule has 0 saturated heterocycles. The van der Waals surface area contributed by atoms with E-state index in [0.29, 0.717) is 18.2 Å². The summed E-state index contributed by atoms with van der Waals surface area (Å²) in [5.41, 5.74) is 2.07. The molecule has 2 aromatic carbocycles. The minimum atomic E-state index is 0.463. The largest absolute Gasteiger partial charge is 0.497 e. The second-order valence-electron chi connectivity index (χ2n) is 6.49. The van der Waals surface area contributed by atoms with E-state index < -0.39 is 0 Å². The highest BCUT2D eigenvalue weighted by Gasteiger charge is 2.11. The van der Waals surface area contributed by atoms with Gasteiger partial charge >= 0.3 is 0 Å². The van der Waals surface area contributed by atoms with Crippen molar-refractivity contribution in [3.8, 4) is 11.5 Å². The van der Waals surface area contributed by atoms with Gasteiger partial charge in [-0.1, -0.05) is 42.1 Å². The lowest BCUT2D eigenvalue weighted by molar-refractivity contribution is 0.306. The zero-order chi connectivity index (χ0) is 20.8. The third kappa shape index (κ3) is 5.31. The predicted molar refractivity (Wildman–Crippen MR) is 122 cm³/mol. The third-order valence-corrected chi connectivity index (χ3v) is 6.05. The van der Waals surface area contributed by atoms with E-state index in [4.69, 9.17) is 9.47 Å². The molecule has 5 nitrogen and oxygen atoms in total. The molecule has 0 aliphatic heterocycles. The van der Waals surface area contributed by atoms with Gasteiger partial charge in [-0.2, -0.15) is 0 Å². The van der Waals surface area contributed by atoms with Crippen LogP contribution in [0.2, 0.25) is 0 Å². The quantitative estimate of drug-likeness (QED) is 0.349. The summed E-state index contributed by atoms with van der Waals surface area (Å²) in [6.45, 7) is 2.43. The van der Waals surface area contributed by atoms with Crippen molar-refractivity contribution in [1.29, 1.82) is 0 Å². The topological polar surface area (TPSA) is 56.3 Å². The molecular weight excluding hydrogens is 414 g/mol. The molecule has 0 unspecified atom stereocenters. The van der Waals surface area contributed by atoms with E-state index >= 15 is 0 Å². The second-order valence-corrected chi connectivity index (χ2v) is 8.49. The Kier molecular flexibility index (Phi) is 6.51. The van der Waals surface area contributed by atoms with Gasteiger partial charge in [0, 0.05) is 21.4 Å². The lowest BCUT2D eigenvalue weighted by Gasteiger charge is -2.13. The maximum absolute atomic E-state index is 6.14. The van der Waals surface area contributed by atoms with Crippen LogP contribution in [0.25, 0.3) is 0 Å². The number of thiazole rings is 1. The van der Waals surface area contributed by atoms with E-state index in [-0.39, 0.29) is 0 Å². The van der Waals surface area contributed by atoms with Gasteiger partial charge in [0.25, 0.3) is 0 Å². The molecule has 0 spiro atoms. The van der Waals surface area contributed by atoms with Crippen molar-refractivity contribution in [3.05, 3.63) is 83.5 Å². The van der Waals surface area contributed by atoms with Crippen molar-refractivity contribution >= 4 is 34.0 Å². The van der Waals surface area contributed by atoms with Gasteiger partial charge in [-0.05, 0) is 42.8 Å². The Balaban J connectivity index is 1.56. The Morgan fingerprint density at radius 2 is 1.83 bits per heavy atom. The number of aromatic nitrogens is 2. The van der Waals surface area contributed by atoms with Crippen molar-refractivity contribution in [1.82, 2.24) is 9.97 Å². The Hall–Kier alpha value is -3.03. The van der Waals surface area contributed by atoms with Gasteiger partial charge in [-0.25, -0.2) is 9.97 Å². The summed E-state index contributed by atoms with van der Waals surface area (Å²) >= 11 is 3.17. The highest BCUT2D eigenvalue weighted by Crippen LogP contribution is 2.35. The predicted octanol–water partition coefficient (Wildman–Crippen LogP) is 6.33. The molecule has 0 amide bonds. The van der Waals surface area contributed by atoms with Crippen LogP contribution in [-0.4, -0.2) is 17.1 Å². The van der Waals surface area contributed by atoms with Crippen LogP contribution >= 0.6 is 23.1 Å². The molecule has 0 fully saturated rings. The molecule has 0 atom stereocenters. The first-order valence-electron chi connectivity index (χ1n) is 9.37. The minimum absolute atomic E-state index is 0.463. The van der Waals surface area contributed by atoms with Crippen LogP contribution in [-0.2, 0) is 6.61 Å². The lowest BCUT2D eigenvalue weighted by Crippen LogP contribution is -2.01. The number of pyridine rings is 1. The summed E-state index contributed by atoms with van der Waals surface area (Å²) in [5, 5.41) is 6.07. The smallest absolute Gasteiger partial charge is 0.188 e. The molecule has 1 N–H and O–H groups in total. The molecule has 0 aliphatic rings. The number of hydrogen-bond acceptors (Lipinski definition) is 7. The second kappa shape index (κ2) is 9.65. The first kappa shape index (κ1) is 20.3. The fraction of sp³-hybridized carbons (Fsp3) is 0.130. The van der Waals surface area contributed by atoms with Crippen LogP contribution in [0.4, 0.5) is 10.9 Å². The van der Waals surface area contributed by atoms with Gasteiger partial charge in [0.05, 0.1) is 12.8 Å². The first-order chi connectivity index (χ1) is 14.7. The highest BCUT2D eigenvalue weighted by molar-refractivity contribution is 7.99. The SMILES string of the molecule is COc1ccc(Sc2cnc(Nc3nc(C)cs3)c(OCc3ccccc3)c2)cc1. The van der Waals surface area contributed by atoms with Crippen LogP contribution < -0.4 is 14.8 Å². The average Bonchev–Trinajstić information content (AvgIpc) is 3.19. The molecule has 4 aromatic rings. The van der Waals surface area contributed by atoms with E-state index in [2.05, 4.69) is 15.3 Å². The van der Waals surface area contributed by atoms with Crippen molar-refractivity contribution in [3.63, 3.8) is 0 Å². The molecule has 30 heavy (non-hydrogen) atoms. The van der Waals surface area contributed by atoms with Gasteiger partial charge in [0.2, 0.25) is 0 Å². The summed E-state index contributed by atoms with van der Waals surface area (Å²) in [4.78, 5) is 11.2. The van der Waals surface area contributed by atoms with Gasteiger partial charge < -0.3 is 14.8 Å². The minimum Gasteiger partial charge on any atom is -0.497 e. The molecule has 2 heterocycles.